The quantitative estimate of drug-likeness (QED) is 0.732. The molecule has 150 valence electrons. The molecule has 0 bridgehead atoms. The lowest BCUT2D eigenvalue weighted by Crippen LogP contribution is -2.61. The molecule has 4 atom stereocenters. The van der Waals surface area contributed by atoms with Gasteiger partial charge < -0.3 is 15.7 Å². The maximum absolute atomic E-state index is 12.8. The summed E-state index contributed by atoms with van der Waals surface area (Å²) in [7, 11) is 0. The molecular weight excluding hydrogens is 356 g/mol. The van der Waals surface area contributed by atoms with Crippen molar-refractivity contribution in [2.45, 2.75) is 51.7 Å². The van der Waals surface area contributed by atoms with Crippen LogP contribution in [0.5, 0.6) is 0 Å². The Morgan fingerprint density at radius 3 is 2.86 bits per heavy atom. The van der Waals surface area contributed by atoms with Gasteiger partial charge in [-0.15, -0.1) is 0 Å². The van der Waals surface area contributed by atoms with E-state index in [0.29, 0.717) is 24.4 Å². The summed E-state index contributed by atoms with van der Waals surface area (Å²) in [4.78, 5) is 25.1. The Kier molecular flexibility index (Phi) is 4.87. The molecule has 2 heterocycles. The topological polar surface area (TPSA) is 95.7 Å². The van der Waals surface area contributed by atoms with Crippen LogP contribution in [0.15, 0.2) is 30.6 Å². The average Bonchev–Trinajstić information content (AvgIpc) is 3.31. The Balaban J connectivity index is 1.33. The summed E-state index contributed by atoms with van der Waals surface area (Å²) in [5, 5.41) is 20.2. The third-order valence-corrected chi connectivity index (χ3v) is 6.80. The summed E-state index contributed by atoms with van der Waals surface area (Å²) >= 11 is 0. The molecular formula is C21H28N4O3. The number of rotatable bonds is 5. The summed E-state index contributed by atoms with van der Waals surface area (Å²) in [6.07, 6.45) is 6.21. The highest BCUT2D eigenvalue weighted by Crippen LogP contribution is 2.46. The Morgan fingerprint density at radius 1 is 1.32 bits per heavy atom. The van der Waals surface area contributed by atoms with Crippen molar-refractivity contribution in [3.63, 3.8) is 0 Å². The zero-order valence-corrected chi connectivity index (χ0v) is 16.4. The van der Waals surface area contributed by atoms with E-state index in [0.717, 1.165) is 24.8 Å². The minimum absolute atomic E-state index is 0.0410. The minimum Gasteiger partial charge on any atom is -0.392 e. The summed E-state index contributed by atoms with van der Waals surface area (Å²) in [6, 6.07) is 5.51. The second-order valence-corrected chi connectivity index (χ2v) is 8.71. The Hall–Kier alpha value is -2.41. The van der Waals surface area contributed by atoms with Gasteiger partial charge in [0.15, 0.2) is 0 Å². The third kappa shape index (κ3) is 3.28. The standard InChI is InChI=1S/C21H28N4O3/c1-21(2)13(12-22-19(27)15-5-3-7-17(15)26)11-18(21)24-20(28)14-6-4-10-25-16(14)8-9-23-25/h4,6,8-10,13,15,17-18,26H,3,5,7,11-12H2,1-2H3,(H,22,27)(H,24,28). The van der Waals surface area contributed by atoms with Crippen molar-refractivity contribution >= 4 is 17.3 Å². The molecule has 0 aromatic carbocycles. The number of fused-ring (bicyclic) bond motifs is 1. The Bertz CT molecular complexity index is 891. The van der Waals surface area contributed by atoms with Gasteiger partial charge in [0.25, 0.3) is 5.91 Å². The van der Waals surface area contributed by atoms with Crippen LogP contribution in [-0.4, -0.2) is 45.2 Å². The van der Waals surface area contributed by atoms with Crippen LogP contribution in [-0.2, 0) is 4.79 Å². The van der Waals surface area contributed by atoms with Gasteiger partial charge in [0, 0.05) is 18.8 Å². The minimum atomic E-state index is -0.507. The molecule has 0 spiro atoms. The van der Waals surface area contributed by atoms with Gasteiger partial charge in [-0.1, -0.05) is 13.8 Å². The average molecular weight is 384 g/mol. The first-order valence-corrected chi connectivity index (χ1v) is 10.1. The number of amides is 2. The predicted molar refractivity (Wildman–Crippen MR) is 105 cm³/mol. The zero-order chi connectivity index (χ0) is 19.9. The molecule has 7 nitrogen and oxygen atoms in total. The van der Waals surface area contributed by atoms with Gasteiger partial charge in [0.1, 0.15) is 0 Å². The van der Waals surface area contributed by atoms with Crippen LogP contribution in [0.2, 0.25) is 0 Å². The first kappa shape index (κ1) is 18.9. The van der Waals surface area contributed by atoms with E-state index >= 15 is 0 Å². The third-order valence-electron chi connectivity index (χ3n) is 6.80. The summed E-state index contributed by atoms with van der Waals surface area (Å²) in [5.41, 5.74) is 1.29. The Labute approximate surface area is 164 Å². The SMILES string of the molecule is CC1(C)C(CNC(=O)C2CCCC2O)CC1NC(=O)c1cccn2nccc12. The van der Waals surface area contributed by atoms with E-state index in [1.165, 1.54) is 0 Å². The van der Waals surface area contributed by atoms with Crippen molar-refractivity contribution in [1.82, 2.24) is 20.2 Å². The highest BCUT2D eigenvalue weighted by Gasteiger charge is 2.49. The van der Waals surface area contributed by atoms with Crippen molar-refractivity contribution < 1.29 is 14.7 Å². The monoisotopic (exact) mass is 384 g/mol. The molecule has 2 aliphatic carbocycles. The fourth-order valence-electron chi connectivity index (χ4n) is 4.59. The highest BCUT2D eigenvalue weighted by atomic mass is 16.3. The molecule has 2 aliphatic rings. The number of hydrogen-bond donors (Lipinski definition) is 3. The molecule has 4 rings (SSSR count). The van der Waals surface area contributed by atoms with Gasteiger partial charge in [-0.25, -0.2) is 4.52 Å². The second-order valence-electron chi connectivity index (χ2n) is 8.71. The molecule has 7 heteroatoms. The molecule has 28 heavy (non-hydrogen) atoms. The van der Waals surface area contributed by atoms with Crippen LogP contribution < -0.4 is 10.6 Å². The van der Waals surface area contributed by atoms with Crippen LogP contribution >= 0.6 is 0 Å². The van der Waals surface area contributed by atoms with Gasteiger partial charge >= 0.3 is 0 Å². The van der Waals surface area contributed by atoms with Crippen LogP contribution in [0.4, 0.5) is 0 Å². The number of aliphatic hydroxyl groups is 1. The molecule has 0 saturated heterocycles. The maximum Gasteiger partial charge on any atom is 0.253 e. The van der Waals surface area contributed by atoms with Gasteiger partial charge in [-0.3, -0.25) is 9.59 Å². The molecule has 0 aliphatic heterocycles. The number of hydrogen-bond acceptors (Lipinski definition) is 4. The first-order chi connectivity index (χ1) is 13.4. The highest BCUT2D eigenvalue weighted by molar-refractivity contribution is 6.00. The molecule has 3 N–H and O–H groups in total. The molecule has 2 fully saturated rings. The number of aliphatic hydroxyl groups excluding tert-OH is 1. The van der Waals surface area contributed by atoms with Crippen molar-refractivity contribution in [3.8, 4) is 0 Å². The number of nitrogens with zero attached hydrogens (tertiary/aromatic N) is 2. The van der Waals surface area contributed by atoms with Crippen molar-refractivity contribution in [3.05, 3.63) is 36.2 Å². The predicted octanol–water partition coefficient (Wildman–Crippen LogP) is 1.76. The molecule has 2 aromatic heterocycles. The van der Waals surface area contributed by atoms with E-state index in [2.05, 4.69) is 29.6 Å². The molecule has 2 amide bonds. The van der Waals surface area contributed by atoms with E-state index in [9.17, 15) is 14.7 Å². The van der Waals surface area contributed by atoms with E-state index < -0.39 is 6.10 Å². The molecule has 0 radical (unpaired) electrons. The zero-order valence-electron chi connectivity index (χ0n) is 16.4. The summed E-state index contributed by atoms with van der Waals surface area (Å²) in [5.74, 6) is -0.109. The normalized spacial score (nSPS) is 28.7. The van der Waals surface area contributed by atoms with E-state index in [1.54, 1.807) is 10.7 Å². The van der Waals surface area contributed by atoms with Gasteiger partial charge in [0.05, 0.1) is 29.3 Å². The van der Waals surface area contributed by atoms with Crippen LogP contribution in [0, 0.1) is 17.3 Å². The van der Waals surface area contributed by atoms with Crippen molar-refractivity contribution in [2.75, 3.05) is 6.54 Å². The van der Waals surface area contributed by atoms with Crippen LogP contribution in [0.25, 0.3) is 5.52 Å². The number of carbonyl (C=O) groups is 2. The van der Waals surface area contributed by atoms with Gasteiger partial charge in [0.2, 0.25) is 5.91 Å². The van der Waals surface area contributed by atoms with E-state index in [-0.39, 0.29) is 29.2 Å². The first-order valence-electron chi connectivity index (χ1n) is 10.1. The number of nitrogens with one attached hydrogen (secondary N) is 2. The van der Waals surface area contributed by atoms with Gasteiger partial charge in [-0.05, 0) is 55.2 Å². The number of carbonyl (C=O) groups excluding carboxylic acids is 2. The molecule has 2 aromatic rings. The van der Waals surface area contributed by atoms with Crippen LogP contribution in [0.1, 0.15) is 49.9 Å². The fraction of sp³-hybridized carbons (Fsp3) is 0.571. The Morgan fingerprint density at radius 2 is 2.14 bits per heavy atom. The lowest BCUT2D eigenvalue weighted by atomic mass is 9.58. The van der Waals surface area contributed by atoms with Crippen molar-refractivity contribution in [2.24, 2.45) is 17.3 Å². The smallest absolute Gasteiger partial charge is 0.253 e. The van der Waals surface area contributed by atoms with E-state index in [1.807, 2.05) is 24.4 Å². The van der Waals surface area contributed by atoms with Gasteiger partial charge in [-0.2, -0.15) is 5.10 Å². The fourth-order valence-corrected chi connectivity index (χ4v) is 4.59. The summed E-state index contributed by atoms with van der Waals surface area (Å²) in [6.45, 7) is 4.84. The largest absolute Gasteiger partial charge is 0.392 e. The van der Waals surface area contributed by atoms with E-state index in [4.69, 9.17) is 0 Å². The second kappa shape index (κ2) is 7.20. The molecule has 2 saturated carbocycles. The molecule has 4 unspecified atom stereocenters. The lowest BCUT2D eigenvalue weighted by molar-refractivity contribution is -0.128. The summed E-state index contributed by atoms with van der Waals surface area (Å²) < 4.78 is 1.69. The lowest BCUT2D eigenvalue weighted by Gasteiger charge is -2.52. The maximum atomic E-state index is 12.8. The van der Waals surface area contributed by atoms with Crippen molar-refractivity contribution in [1.29, 1.82) is 0 Å². The van der Waals surface area contributed by atoms with Crippen LogP contribution in [0.3, 0.4) is 0 Å². The number of pyridine rings is 1. The number of aromatic nitrogens is 2.